The van der Waals surface area contributed by atoms with Crippen LogP contribution < -0.4 is 0 Å². The summed E-state index contributed by atoms with van der Waals surface area (Å²) in [5.74, 6) is 0. The number of rotatable bonds is 0. The molecule has 0 aliphatic carbocycles. The summed E-state index contributed by atoms with van der Waals surface area (Å²) in [6.07, 6.45) is 0. The summed E-state index contributed by atoms with van der Waals surface area (Å²) in [6, 6.07) is 0. The molecule has 0 aliphatic heterocycles. The first-order valence-corrected chi connectivity index (χ1v) is 3.12. The van der Waals surface area contributed by atoms with Gasteiger partial charge in [0.2, 0.25) is 0 Å². The van der Waals surface area contributed by atoms with Crippen molar-refractivity contribution in [2.45, 2.75) is 0 Å². The Morgan fingerprint density at radius 2 is 1.00 bits per heavy atom. The van der Waals surface area contributed by atoms with Crippen molar-refractivity contribution in [2.75, 3.05) is 0 Å². The van der Waals surface area contributed by atoms with E-state index in [0.29, 0.717) is 0 Å². The molecule has 0 atom stereocenters. The summed E-state index contributed by atoms with van der Waals surface area (Å²) in [6.45, 7) is 0. The fourth-order valence-electron chi connectivity index (χ4n) is 0. The average Bonchev–Trinajstić information content (AvgIpc) is 1.19. The SMILES string of the molecule is O=P(O)(O)O.OB(O)O.[CaH2]. The second-order valence-corrected chi connectivity index (χ2v) is 1.89. The van der Waals surface area contributed by atoms with Gasteiger partial charge in [-0.3, -0.25) is 0 Å². The molecular formula is H8BCaO7P. The van der Waals surface area contributed by atoms with Crippen LogP contribution in [0.1, 0.15) is 0 Å². The maximum absolute atomic E-state index is 8.88. The molecule has 60 valence electrons. The first kappa shape index (κ1) is 17.4. The van der Waals surface area contributed by atoms with Gasteiger partial charge in [-0.05, 0) is 0 Å². The zero-order valence-electron chi connectivity index (χ0n) is 4.12. The fraction of sp³-hybridized carbons (Fsp3) is 0. The molecular weight excluding hydrogens is 194 g/mol. The van der Waals surface area contributed by atoms with E-state index in [1.165, 1.54) is 0 Å². The van der Waals surface area contributed by atoms with E-state index in [2.05, 4.69) is 0 Å². The Bertz CT molecular complexity index is 84.8. The van der Waals surface area contributed by atoms with Crippen LogP contribution in [0.25, 0.3) is 0 Å². The third kappa shape index (κ3) is 373. The molecule has 0 radical (unpaired) electrons. The van der Waals surface area contributed by atoms with Gasteiger partial charge < -0.3 is 29.8 Å². The van der Waals surface area contributed by atoms with Gasteiger partial charge in [-0.1, -0.05) is 0 Å². The molecule has 0 rings (SSSR count). The van der Waals surface area contributed by atoms with Gasteiger partial charge in [0.1, 0.15) is 0 Å². The first-order chi connectivity index (χ1) is 3.73. The quantitative estimate of drug-likeness (QED) is 0.174. The van der Waals surface area contributed by atoms with Gasteiger partial charge in [-0.2, -0.15) is 0 Å². The average molecular weight is 202 g/mol. The zero-order valence-corrected chi connectivity index (χ0v) is 5.01. The molecule has 0 aromatic heterocycles. The Morgan fingerprint density at radius 3 is 1.00 bits per heavy atom. The topological polar surface area (TPSA) is 138 Å². The van der Waals surface area contributed by atoms with Gasteiger partial charge >= 0.3 is 52.9 Å². The minimum atomic E-state index is -4.64. The predicted octanol–water partition coefficient (Wildman–Crippen LogP) is -3.90. The minimum absolute atomic E-state index is 0. The molecule has 0 aromatic rings. The fourth-order valence-corrected chi connectivity index (χ4v) is 0. The second-order valence-electron chi connectivity index (χ2n) is 0.860. The zero-order chi connectivity index (χ0) is 8.08. The molecule has 0 aliphatic rings. The normalized spacial score (nSPS) is 8.60. The van der Waals surface area contributed by atoms with Crippen LogP contribution >= 0.6 is 7.82 Å². The predicted molar refractivity (Wildman–Crippen MR) is 35.2 cm³/mol. The summed E-state index contributed by atoms with van der Waals surface area (Å²) >= 11 is 0. The van der Waals surface area contributed by atoms with Crippen molar-refractivity contribution in [3.63, 3.8) is 0 Å². The van der Waals surface area contributed by atoms with E-state index < -0.39 is 15.1 Å². The molecule has 10 heavy (non-hydrogen) atoms. The van der Waals surface area contributed by atoms with Crippen LogP contribution in [0.4, 0.5) is 0 Å². The molecule has 10 heteroatoms. The molecule has 0 amide bonds. The summed E-state index contributed by atoms with van der Waals surface area (Å²) < 4.78 is 8.88. The van der Waals surface area contributed by atoms with Crippen LogP contribution in [0.5, 0.6) is 0 Å². The molecule has 0 spiro atoms. The van der Waals surface area contributed by atoms with Gasteiger partial charge in [0.15, 0.2) is 0 Å². The summed E-state index contributed by atoms with van der Waals surface area (Å²) in [7, 11) is -6.81. The van der Waals surface area contributed by atoms with Crippen LogP contribution in [0.15, 0.2) is 0 Å². The summed E-state index contributed by atoms with van der Waals surface area (Å²) in [5, 5.41) is 21.5. The molecule has 0 heterocycles. The second kappa shape index (κ2) is 8.41. The Hall–Kier alpha value is 1.31. The standard InChI is InChI=1S/BH3O3.Ca.H3O4P.2H/c2-1(3)4;;1-5(2,3)4;;/h2-4H;;(H3,1,2,3,4);;. The van der Waals surface area contributed by atoms with E-state index in [4.69, 9.17) is 34.3 Å². The molecule has 0 bridgehead atoms. The number of phosphoric acid groups is 1. The van der Waals surface area contributed by atoms with Crippen molar-refractivity contribution in [3.8, 4) is 0 Å². The van der Waals surface area contributed by atoms with Crippen LogP contribution in [0.2, 0.25) is 0 Å². The van der Waals surface area contributed by atoms with Crippen LogP contribution in [0.3, 0.4) is 0 Å². The Kier molecular flexibility index (Phi) is 14.6. The molecule has 0 aromatic carbocycles. The molecule has 0 saturated carbocycles. The third-order valence-corrected chi connectivity index (χ3v) is 0. The maximum atomic E-state index is 8.88. The number of hydrogen-bond donors (Lipinski definition) is 6. The van der Waals surface area contributed by atoms with Crippen molar-refractivity contribution in [3.05, 3.63) is 0 Å². The Balaban J connectivity index is -0.0000000910. The van der Waals surface area contributed by atoms with Crippen molar-refractivity contribution in [1.29, 1.82) is 0 Å². The van der Waals surface area contributed by atoms with Gasteiger partial charge in [-0.25, -0.2) is 4.57 Å². The molecule has 7 nitrogen and oxygen atoms in total. The van der Waals surface area contributed by atoms with Gasteiger partial charge in [-0.15, -0.1) is 0 Å². The summed E-state index contributed by atoms with van der Waals surface area (Å²) in [4.78, 5) is 21.6. The monoisotopic (exact) mass is 202 g/mol. The van der Waals surface area contributed by atoms with E-state index in [1.807, 2.05) is 0 Å². The first-order valence-electron chi connectivity index (χ1n) is 1.56. The van der Waals surface area contributed by atoms with Crippen LogP contribution in [-0.2, 0) is 4.57 Å². The van der Waals surface area contributed by atoms with Crippen molar-refractivity contribution in [2.24, 2.45) is 0 Å². The van der Waals surface area contributed by atoms with Crippen LogP contribution in [-0.4, -0.2) is 74.8 Å². The van der Waals surface area contributed by atoms with Crippen molar-refractivity contribution < 1.29 is 34.3 Å². The van der Waals surface area contributed by atoms with E-state index in [9.17, 15) is 0 Å². The summed E-state index contributed by atoms with van der Waals surface area (Å²) in [5.41, 5.74) is 0. The molecule has 0 fully saturated rings. The number of hydrogen-bond acceptors (Lipinski definition) is 4. The molecule has 0 saturated heterocycles. The Morgan fingerprint density at radius 1 is 1.00 bits per heavy atom. The molecule has 6 N–H and O–H groups in total. The van der Waals surface area contributed by atoms with Crippen LogP contribution in [0, 0.1) is 0 Å². The van der Waals surface area contributed by atoms with E-state index in [0.717, 1.165) is 0 Å². The van der Waals surface area contributed by atoms with Crippen molar-refractivity contribution in [1.82, 2.24) is 0 Å². The van der Waals surface area contributed by atoms with Crippen molar-refractivity contribution >= 4 is 52.9 Å². The van der Waals surface area contributed by atoms with E-state index in [-0.39, 0.29) is 37.7 Å². The van der Waals surface area contributed by atoms with E-state index in [1.54, 1.807) is 0 Å². The Labute approximate surface area is 86.7 Å². The third-order valence-electron chi connectivity index (χ3n) is 0. The van der Waals surface area contributed by atoms with Gasteiger partial charge in [0, 0.05) is 0 Å². The van der Waals surface area contributed by atoms with Gasteiger partial charge in [0.05, 0.1) is 0 Å². The molecule has 0 unspecified atom stereocenters. The van der Waals surface area contributed by atoms with E-state index >= 15 is 0 Å². The van der Waals surface area contributed by atoms with Gasteiger partial charge in [0.25, 0.3) is 0 Å².